The van der Waals surface area contributed by atoms with Crippen LogP contribution in [0.25, 0.3) is 0 Å². The Balaban J connectivity index is 2.19. The van der Waals surface area contributed by atoms with Crippen LogP contribution in [0.15, 0.2) is 0 Å². The van der Waals surface area contributed by atoms with Gasteiger partial charge in [-0.25, -0.2) is 0 Å². The van der Waals surface area contributed by atoms with Crippen LogP contribution in [0.1, 0.15) is 19.3 Å². The second-order valence-corrected chi connectivity index (χ2v) is 3.19. The predicted octanol–water partition coefficient (Wildman–Crippen LogP) is 0.329. The quantitative estimate of drug-likeness (QED) is 0.620. The molecule has 1 atom stereocenters. The van der Waals surface area contributed by atoms with Crippen molar-refractivity contribution >= 4 is 12.4 Å². The number of likely N-dealkylation sites (tertiary alicyclic amines) is 1. The molecular formula is C8H13NO3. The van der Waals surface area contributed by atoms with Gasteiger partial charge in [-0.05, 0) is 18.8 Å². The predicted molar refractivity (Wildman–Crippen MR) is 42.6 cm³/mol. The maximum atomic E-state index is 10.3. The van der Waals surface area contributed by atoms with Gasteiger partial charge in [-0.3, -0.25) is 9.59 Å². The van der Waals surface area contributed by atoms with Gasteiger partial charge in [0.25, 0.3) is 0 Å². The number of nitrogens with zero attached hydrogens (tertiary/aromatic N) is 1. The molecule has 0 aromatic heterocycles. The van der Waals surface area contributed by atoms with E-state index in [0.717, 1.165) is 25.9 Å². The van der Waals surface area contributed by atoms with E-state index in [4.69, 9.17) is 5.11 Å². The first-order valence-corrected chi connectivity index (χ1v) is 4.13. The van der Waals surface area contributed by atoms with Gasteiger partial charge in [0.1, 0.15) is 0 Å². The number of amides is 1. The molecule has 1 rings (SSSR count). The fourth-order valence-electron chi connectivity index (χ4n) is 1.52. The van der Waals surface area contributed by atoms with Gasteiger partial charge in [0.05, 0.1) is 0 Å². The first kappa shape index (κ1) is 9.03. The molecule has 0 bridgehead atoms. The summed E-state index contributed by atoms with van der Waals surface area (Å²) in [7, 11) is 0. The molecule has 12 heavy (non-hydrogen) atoms. The van der Waals surface area contributed by atoms with E-state index in [0.29, 0.717) is 12.3 Å². The molecule has 1 unspecified atom stereocenters. The zero-order chi connectivity index (χ0) is 8.97. The number of hydrogen-bond acceptors (Lipinski definition) is 2. The van der Waals surface area contributed by atoms with Crippen LogP contribution in [0.2, 0.25) is 0 Å². The van der Waals surface area contributed by atoms with Crippen LogP contribution in [0, 0.1) is 5.92 Å². The van der Waals surface area contributed by atoms with E-state index in [1.54, 1.807) is 4.90 Å². The van der Waals surface area contributed by atoms with Crippen LogP contribution in [-0.4, -0.2) is 35.5 Å². The highest BCUT2D eigenvalue weighted by atomic mass is 16.4. The molecule has 4 nitrogen and oxygen atoms in total. The molecule has 1 aliphatic rings. The Hall–Kier alpha value is -1.06. The van der Waals surface area contributed by atoms with Crippen molar-refractivity contribution in [3.05, 3.63) is 0 Å². The molecule has 1 heterocycles. The zero-order valence-electron chi connectivity index (χ0n) is 6.90. The Morgan fingerprint density at radius 2 is 2.42 bits per heavy atom. The van der Waals surface area contributed by atoms with Crippen molar-refractivity contribution in [3.8, 4) is 0 Å². The van der Waals surface area contributed by atoms with E-state index in [1.807, 2.05) is 0 Å². The zero-order valence-corrected chi connectivity index (χ0v) is 6.90. The summed E-state index contributed by atoms with van der Waals surface area (Å²) >= 11 is 0. The van der Waals surface area contributed by atoms with Gasteiger partial charge in [0.15, 0.2) is 0 Å². The Morgan fingerprint density at radius 3 is 2.92 bits per heavy atom. The van der Waals surface area contributed by atoms with Gasteiger partial charge in [-0.1, -0.05) is 0 Å². The molecule has 0 aliphatic carbocycles. The van der Waals surface area contributed by atoms with Crippen LogP contribution < -0.4 is 0 Å². The Morgan fingerprint density at radius 1 is 1.67 bits per heavy atom. The van der Waals surface area contributed by atoms with Crippen LogP contribution in [0.3, 0.4) is 0 Å². The first-order valence-electron chi connectivity index (χ1n) is 4.13. The maximum absolute atomic E-state index is 10.3. The lowest BCUT2D eigenvalue weighted by atomic mass is 10.0. The molecule has 0 saturated carbocycles. The third-order valence-electron chi connectivity index (χ3n) is 2.23. The van der Waals surface area contributed by atoms with Gasteiger partial charge in [-0.2, -0.15) is 0 Å². The molecule has 1 N–H and O–H groups in total. The van der Waals surface area contributed by atoms with E-state index < -0.39 is 5.97 Å². The summed E-state index contributed by atoms with van der Waals surface area (Å²) < 4.78 is 0. The van der Waals surface area contributed by atoms with Crippen molar-refractivity contribution in [1.29, 1.82) is 0 Å². The van der Waals surface area contributed by atoms with E-state index in [2.05, 4.69) is 0 Å². The lowest BCUT2D eigenvalue weighted by Gasteiger charge is -2.08. The number of hydrogen-bond donors (Lipinski definition) is 1. The van der Waals surface area contributed by atoms with Crippen molar-refractivity contribution in [2.45, 2.75) is 19.3 Å². The number of rotatable bonds is 4. The summed E-state index contributed by atoms with van der Waals surface area (Å²) in [6, 6.07) is 0. The molecule has 1 fully saturated rings. The Labute approximate surface area is 71.2 Å². The topological polar surface area (TPSA) is 57.6 Å². The number of aliphatic carboxylic acids is 1. The van der Waals surface area contributed by atoms with Gasteiger partial charge in [0.2, 0.25) is 6.41 Å². The molecule has 68 valence electrons. The minimum Gasteiger partial charge on any atom is -0.481 e. The summed E-state index contributed by atoms with van der Waals surface area (Å²) in [6.07, 6.45) is 2.70. The Bertz CT molecular complexity index is 181. The molecule has 1 saturated heterocycles. The van der Waals surface area contributed by atoms with Crippen LogP contribution in [-0.2, 0) is 9.59 Å². The fraction of sp³-hybridized carbons (Fsp3) is 0.750. The van der Waals surface area contributed by atoms with Crippen LogP contribution in [0.4, 0.5) is 0 Å². The summed E-state index contributed by atoms with van der Waals surface area (Å²) in [6.45, 7) is 1.52. The van der Waals surface area contributed by atoms with Gasteiger partial charge >= 0.3 is 5.97 Å². The van der Waals surface area contributed by atoms with Crippen molar-refractivity contribution in [3.63, 3.8) is 0 Å². The minimum absolute atomic E-state index is 0.220. The molecule has 0 aromatic rings. The van der Waals surface area contributed by atoms with Crippen LogP contribution >= 0.6 is 0 Å². The van der Waals surface area contributed by atoms with Crippen molar-refractivity contribution in [2.24, 2.45) is 5.92 Å². The van der Waals surface area contributed by atoms with E-state index >= 15 is 0 Å². The molecule has 1 aliphatic heterocycles. The van der Waals surface area contributed by atoms with E-state index in [1.165, 1.54) is 0 Å². The average Bonchev–Trinajstić information content (AvgIpc) is 2.48. The maximum Gasteiger partial charge on any atom is 0.303 e. The average molecular weight is 171 g/mol. The largest absolute Gasteiger partial charge is 0.481 e. The first-order chi connectivity index (χ1) is 5.72. The SMILES string of the molecule is O=CN1CCC(CCC(=O)O)C1. The number of carbonyl (C=O) groups excluding carboxylic acids is 1. The third-order valence-corrected chi connectivity index (χ3v) is 2.23. The minimum atomic E-state index is -0.750. The summed E-state index contributed by atoms with van der Waals surface area (Å²) in [4.78, 5) is 22.2. The highest BCUT2D eigenvalue weighted by Gasteiger charge is 2.21. The second-order valence-electron chi connectivity index (χ2n) is 3.19. The summed E-state index contributed by atoms with van der Waals surface area (Å²) in [5.74, 6) is -0.356. The van der Waals surface area contributed by atoms with Gasteiger partial charge in [0, 0.05) is 19.5 Å². The fourth-order valence-corrected chi connectivity index (χ4v) is 1.52. The van der Waals surface area contributed by atoms with Crippen molar-refractivity contribution in [2.75, 3.05) is 13.1 Å². The molecule has 4 heteroatoms. The number of carboxylic acids is 1. The van der Waals surface area contributed by atoms with E-state index in [9.17, 15) is 9.59 Å². The second kappa shape index (κ2) is 4.09. The van der Waals surface area contributed by atoms with Crippen LogP contribution in [0.5, 0.6) is 0 Å². The van der Waals surface area contributed by atoms with E-state index in [-0.39, 0.29) is 6.42 Å². The van der Waals surface area contributed by atoms with Gasteiger partial charge < -0.3 is 10.0 Å². The Kier molecular flexibility index (Phi) is 3.08. The van der Waals surface area contributed by atoms with Crippen molar-refractivity contribution < 1.29 is 14.7 Å². The lowest BCUT2D eigenvalue weighted by molar-refractivity contribution is -0.137. The monoisotopic (exact) mass is 171 g/mol. The third kappa shape index (κ3) is 2.53. The highest BCUT2D eigenvalue weighted by molar-refractivity contribution is 5.66. The molecule has 0 aromatic carbocycles. The molecule has 0 spiro atoms. The van der Waals surface area contributed by atoms with Gasteiger partial charge in [-0.15, -0.1) is 0 Å². The molecule has 0 radical (unpaired) electrons. The molecular weight excluding hydrogens is 158 g/mol. The summed E-state index contributed by atoms with van der Waals surface area (Å²) in [5, 5.41) is 8.41. The van der Waals surface area contributed by atoms with Crippen molar-refractivity contribution in [1.82, 2.24) is 4.90 Å². The molecule has 1 amide bonds. The normalized spacial score (nSPS) is 22.7. The number of carbonyl (C=O) groups is 2. The summed E-state index contributed by atoms with van der Waals surface area (Å²) in [5.41, 5.74) is 0. The smallest absolute Gasteiger partial charge is 0.303 e. The standard InChI is InChI=1S/C8H13NO3/c10-6-9-4-3-7(5-9)1-2-8(11)12/h6-7H,1-5H2,(H,11,12). The lowest BCUT2D eigenvalue weighted by Crippen LogP contribution is -2.18. The number of carboxylic acid groups (broad SMARTS) is 1. The highest BCUT2D eigenvalue weighted by Crippen LogP contribution is 2.19.